The first-order valence-electron chi connectivity index (χ1n) is 10.2. The molecule has 0 fully saturated rings. The molecule has 1 atom stereocenters. The van der Waals surface area contributed by atoms with Crippen LogP contribution in [0.5, 0.6) is 11.5 Å². The first-order valence-corrected chi connectivity index (χ1v) is 10.2. The molecule has 1 unspecified atom stereocenters. The number of ether oxygens (including phenoxy) is 2. The molecule has 2 aromatic carbocycles. The molecule has 0 amide bonds. The molecule has 1 heterocycles. The number of fused-ring (bicyclic) bond motifs is 1. The molecule has 4 heteroatoms. The van der Waals surface area contributed by atoms with Crippen LogP contribution in [0.15, 0.2) is 41.4 Å². The van der Waals surface area contributed by atoms with E-state index in [0.29, 0.717) is 12.5 Å². The van der Waals surface area contributed by atoms with E-state index in [9.17, 15) is 0 Å². The van der Waals surface area contributed by atoms with Gasteiger partial charge in [0.25, 0.3) is 0 Å². The summed E-state index contributed by atoms with van der Waals surface area (Å²) in [5.41, 5.74) is 4.60. The monoisotopic (exact) mass is 380 g/mol. The number of hydrogen-bond donors (Lipinski definition) is 0. The first-order chi connectivity index (χ1) is 13.4. The minimum absolute atomic E-state index is 0.137. The molecule has 1 aliphatic rings. The molecule has 2 aromatic rings. The molecular weight excluding hydrogens is 348 g/mol. The Kier molecular flexibility index (Phi) is 5.97. The third-order valence-electron chi connectivity index (χ3n) is 5.56. The fourth-order valence-corrected chi connectivity index (χ4v) is 4.38. The van der Waals surface area contributed by atoms with E-state index in [-0.39, 0.29) is 5.54 Å². The molecule has 0 saturated carbocycles. The summed E-state index contributed by atoms with van der Waals surface area (Å²) >= 11 is 0. The molecule has 0 aliphatic carbocycles. The van der Waals surface area contributed by atoms with Crippen LogP contribution in [0, 0.1) is 0 Å². The lowest BCUT2D eigenvalue weighted by Gasteiger charge is -2.47. The van der Waals surface area contributed by atoms with Crippen LogP contribution in [0.4, 0.5) is 11.4 Å². The van der Waals surface area contributed by atoms with Gasteiger partial charge in [0.05, 0.1) is 13.7 Å². The van der Waals surface area contributed by atoms with Crippen molar-refractivity contribution < 1.29 is 9.47 Å². The van der Waals surface area contributed by atoms with Gasteiger partial charge in [0, 0.05) is 35.6 Å². The summed E-state index contributed by atoms with van der Waals surface area (Å²) in [5, 5.41) is 0. The fourth-order valence-electron chi connectivity index (χ4n) is 4.38. The van der Waals surface area contributed by atoms with Crippen molar-refractivity contribution in [2.24, 2.45) is 4.99 Å². The number of nitrogens with zero attached hydrogens (tertiary/aromatic N) is 2. The van der Waals surface area contributed by atoms with Gasteiger partial charge in [-0.25, -0.2) is 0 Å². The quantitative estimate of drug-likeness (QED) is 0.580. The summed E-state index contributed by atoms with van der Waals surface area (Å²) < 4.78 is 11.4. The Morgan fingerprint density at radius 1 is 1.18 bits per heavy atom. The molecular formula is C24H32N2O2. The van der Waals surface area contributed by atoms with E-state index >= 15 is 0 Å². The zero-order valence-electron chi connectivity index (χ0n) is 18.0. The Morgan fingerprint density at radius 3 is 2.61 bits per heavy atom. The van der Waals surface area contributed by atoms with Gasteiger partial charge < -0.3 is 14.4 Å². The SMILES string of the molecule is CCOc1ccccc1N=Cc1cc2c(cc1OC)N(CC)C(C)(C)CC2C. The second-order valence-corrected chi connectivity index (χ2v) is 7.97. The number of methoxy groups -OCH3 is 1. The van der Waals surface area contributed by atoms with Gasteiger partial charge in [-0.1, -0.05) is 19.1 Å². The van der Waals surface area contributed by atoms with Crippen LogP contribution < -0.4 is 14.4 Å². The van der Waals surface area contributed by atoms with E-state index in [4.69, 9.17) is 14.5 Å². The van der Waals surface area contributed by atoms with Crippen LogP contribution in [0.2, 0.25) is 0 Å². The van der Waals surface area contributed by atoms with Crippen molar-refractivity contribution in [1.29, 1.82) is 0 Å². The molecule has 1 aliphatic heterocycles. The zero-order valence-corrected chi connectivity index (χ0v) is 18.0. The molecule has 0 saturated heterocycles. The van der Waals surface area contributed by atoms with Gasteiger partial charge >= 0.3 is 0 Å². The number of hydrogen-bond acceptors (Lipinski definition) is 4. The Morgan fingerprint density at radius 2 is 1.93 bits per heavy atom. The maximum absolute atomic E-state index is 5.72. The molecule has 3 rings (SSSR count). The van der Waals surface area contributed by atoms with Crippen molar-refractivity contribution in [2.75, 3.05) is 25.2 Å². The van der Waals surface area contributed by atoms with Crippen LogP contribution in [0.3, 0.4) is 0 Å². The van der Waals surface area contributed by atoms with Crippen molar-refractivity contribution in [3.05, 3.63) is 47.5 Å². The van der Waals surface area contributed by atoms with Gasteiger partial charge in [-0.2, -0.15) is 0 Å². The molecule has 28 heavy (non-hydrogen) atoms. The van der Waals surface area contributed by atoms with Crippen LogP contribution in [0.25, 0.3) is 0 Å². The second-order valence-electron chi connectivity index (χ2n) is 7.97. The highest BCUT2D eigenvalue weighted by atomic mass is 16.5. The van der Waals surface area contributed by atoms with Crippen molar-refractivity contribution in [3.8, 4) is 11.5 Å². The van der Waals surface area contributed by atoms with Gasteiger partial charge in [-0.05, 0) is 63.8 Å². The minimum Gasteiger partial charge on any atom is -0.496 e. The van der Waals surface area contributed by atoms with Gasteiger partial charge in [-0.3, -0.25) is 4.99 Å². The summed E-state index contributed by atoms with van der Waals surface area (Å²) in [6.45, 7) is 12.7. The molecule has 0 spiro atoms. The Labute approximate surface area is 169 Å². The van der Waals surface area contributed by atoms with Crippen LogP contribution in [0.1, 0.15) is 58.1 Å². The topological polar surface area (TPSA) is 34.1 Å². The van der Waals surface area contributed by atoms with Gasteiger partial charge in [0.2, 0.25) is 0 Å². The van der Waals surface area contributed by atoms with E-state index in [1.165, 1.54) is 11.3 Å². The lowest BCUT2D eigenvalue weighted by Crippen LogP contribution is -2.48. The summed E-state index contributed by atoms with van der Waals surface area (Å²) in [4.78, 5) is 7.18. The number of benzene rings is 2. The van der Waals surface area contributed by atoms with Crippen molar-refractivity contribution in [1.82, 2.24) is 0 Å². The maximum Gasteiger partial charge on any atom is 0.144 e. The van der Waals surface area contributed by atoms with Crippen LogP contribution >= 0.6 is 0 Å². The minimum atomic E-state index is 0.137. The molecule has 0 N–H and O–H groups in total. The number of para-hydroxylation sites is 2. The highest BCUT2D eigenvalue weighted by Crippen LogP contribution is 2.45. The number of anilines is 1. The van der Waals surface area contributed by atoms with E-state index in [2.05, 4.69) is 44.7 Å². The maximum atomic E-state index is 5.72. The Bertz CT molecular complexity index is 858. The van der Waals surface area contributed by atoms with E-state index in [0.717, 1.165) is 35.7 Å². The highest BCUT2D eigenvalue weighted by Gasteiger charge is 2.36. The second kappa shape index (κ2) is 8.26. The largest absolute Gasteiger partial charge is 0.496 e. The number of aliphatic imine (C=N–C) groups is 1. The lowest BCUT2D eigenvalue weighted by molar-refractivity contribution is 0.341. The molecule has 150 valence electrons. The standard InChI is InChI=1S/C24H32N2O2/c1-7-26-21-14-23(27-6)18(13-19(21)17(3)15-24(26,4)5)16-25-20-11-9-10-12-22(20)28-8-2/h9-14,16-17H,7-8,15H2,1-6H3. The predicted molar refractivity (Wildman–Crippen MR) is 118 cm³/mol. The average Bonchev–Trinajstić information content (AvgIpc) is 2.66. The molecule has 4 nitrogen and oxygen atoms in total. The average molecular weight is 381 g/mol. The van der Waals surface area contributed by atoms with Gasteiger partial charge in [0.15, 0.2) is 0 Å². The fraction of sp³-hybridized carbons (Fsp3) is 0.458. The normalized spacial score (nSPS) is 18.2. The van der Waals surface area contributed by atoms with E-state index in [1.807, 2.05) is 37.4 Å². The highest BCUT2D eigenvalue weighted by molar-refractivity contribution is 5.88. The van der Waals surface area contributed by atoms with Crippen LogP contribution in [-0.4, -0.2) is 32.0 Å². The van der Waals surface area contributed by atoms with E-state index < -0.39 is 0 Å². The smallest absolute Gasteiger partial charge is 0.144 e. The van der Waals surface area contributed by atoms with Crippen molar-refractivity contribution >= 4 is 17.6 Å². The summed E-state index contributed by atoms with van der Waals surface area (Å²) in [5.74, 6) is 2.13. The lowest BCUT2D eigenvalue weighted by atomic mass is 9.79. The summed E-state index contributed by atoms with van der Waals surface area (Å²) in [6, 6.07) is 12.3. The first kappa shape index (κ1) is 20.2. The Hall–Kier alpha value is -2.49. The van der Waals surface area contributed by atoms with Crippen molar-refractivity contribution in [2.45, 2.75) is 52.5 Å². The van der Waals surface area contributed by atoms with Gasteiger partial charge in [-0.15, -0.1) is 0 Å². The molecule has 0 radical (unpaired) electrons. The summed E-state index contributed by atoms with van der Waals surface area (Å²) in [6.07, 6.45) is 3.02. The number of rotatable bonds is 6. The van der Waals surface area contributed by atoms with Gasteiger partial charge in [0.1, 0.15) is 17.2 Å². The molecule has 0 bridgehead atoms. The van der Waals surface area contributed by atoms with Crippen molar-refractivity contribution in [3.63, 3.8) is 0 Å². The molecule has 0 aromatic heterocycles. The van der Waals surface area contributed by atoms with E-state index in [1.54, 1.807) is 7.11 Å². The third kappa shape index (κ3) is 3.87. The summed E-state index contributed by atoms with van der Waals surface area (Å²) in [7, 11) is 1.72. The predicted octanol–water partition coefficient (Wildman–Crippen LogP) is 5.96. The Balaban J connectivity index is 2.03. The zero-order chi connectivity index (χ0) is 20.3. The van der Waals surface area contributed by atoms with Crippen LogP contribution in [-0.2, 0) is 0 Å². The third-order valence-corrected chi connectivity index (χ3v) is 5.56.